The van der Waals surface area contributed by atoms with E-state index in [1.807, 2.05) is 50.2 Å². The van der Waals surface area contributed by atoms with Gasteiger partial charge in [-0.3, -0.25) is 9.59 Å². The number of hydrogen-bond acceptors (Lipinski definition) is 6. The topological polar surface area (TPSA) is 134 Å². The smallest absolute Gasteiger partial charge is 0.407 e. The number of amides is 3. The third kappa shape index (κ3) is 9.78. The van der Waals surface area contributed by atoms with Gasteiger partial charge in [0, 0.05) is 25.4 Å². The molecule has 3 rings (SSSR count). The van der Waals surface area contributed by atoms with Crippen LogP contribution in [0.3, 0.4) is 0 Å². The summed E-state index contributed by atoms with van der Waals surface area (Å²) >= 11 is 0. The molecule has 42 heavy (non-hydrogen) atoms. The number of ether oxygens (including phenoxy) is 2. The standard InChI is InChI=1S/C32H43N3O7/c1-21(2)17-22(18-35(19-29(37)38)28(36)15-10-16-33-30(39)42-32(3,4)5)34-31(40)41-20-27-25-13-8-6-11-23(25)24-12-7-9-14-26(24)27/h6-9,11-14,21-22,27H,10,15-20H2,1-5H3,(H,33,39)(H,34,40)(H,37,38)/t22-/m0/s1. The second-order valence-corrected chi connectivity index (χ2v) is 12.0. The Bertz CT molecular complexity index is 1210. The fourth-order valence-corrected chi connectivity index (χ4v) is 5.14. The summed E-state index contributed by atoms with van der Waals surface area (Å²) in [4.78, 5) is 50.6. The maximum Gasteiger partial charge on any atom is 0.407 e. The number of benzene rings is 2. The lowest BCUT2D eigenvalue weighted by Crippen LogP contribution is -2.48. The highest BCUT2D eigenvalue weighted by molar-refractivity contribution is 5.82. The molecule has 3 amide bonds. The molecule has 1 aliphatic carbocycles. The number of alkyl carbamates (subject to hydrolysis) is 2. The van der Waals surface area contributed by atoms with E-state index < -0.39 is 36.3 Å². The molecule has 3 N–H and O–H groups in total. The van der Waals surface area contributed by atoms with Gasteiger partial charge in [0.2, 0.25) is 5.91 Å². The average molecular weight is 582 g/mol. The fraction of sp³-hybridized carbons (Fsp3) is 0.500. The molecule has 0 radical (unpaired) electrons. The Morgan fingerprint density at radius 2 is 1.55 bits per heavy atom. The number of carbonyl (C=O) groups is 4. The molecule has 0 unspecified atom stereocenters. The molecule has 228 valence electrons. The molecule has 2 aromatic carbocycles. The Kier molecular flexibility index (Phi) is 11.4. The van der Waals surface area contributed by atoms with Crippen molar-refractivity contribution < 1.29 is 33.8 Å². The monoisotopic (exact) mass is 581 g/mol. The summed E-state index contributed by atoms with van der Waals surface area (Å²) in [7, 11) is 0. The SMILES string of the molecule is CC(C)C[C@@H](CN(CC(=O)O)C(=O)CCCNC(=O)OC(C)(C)C)NC(=O)OCC1c2ccccc2-c2ccccc21. The average Bonchev–Trinajstić information content (AvgIpc) is 3.21. The lowest BCUT2D eigenvalue weighted by Gasteiger charge is -2.28. The molecule has 10 nitrogen and oxygen atoms in total. The number of nitrogens with zero attached hydrogens (tertiary/aromatic N) is 1. The van der Waals surface area contributed by atoms with E-state index in [0.29, 0.717) is 12.8 Å². The van der Waals surface area contributed by atoms with Crippen LogP contribution in [-0.4, -0.2) is 72.0 Å². The van der Waals surface area contributed by atoms with Gasteiger partial charge in [-0.2, -0.15) is 0 Å². The predicted octanol–water partition coefficient (Wildman–Crippen LogP) is 5.16. The van der Waals surface area contributed by atoms with Gasteiger partial charge in [0.25, 0.3) is 0 Å². The van der Waals surface area contributed by atoms with Crippen molar-refractivity contribution in [3.8, 4) is 11.1 Å². The van der Waals surface area contributed by atoms with Crippen LogP contribution in [0.25, 0.3) is 11.1 Å². The van der Waals surface area contributed by atoms with Crippen molar-refractivity contribution in [1.82, 2.24) is 15.5 Å². The van der Waals surface area contributed by atoms with E-state index in [9.17, 15) is 24.3 Å². The van der Waals surface area contributed by atoms with Gasteiger partial charge in [0.1, 0.15) is 18.8 Å². The van der Waals surface area contributed by atoms with Crippen molar-refractivity contribution in [3.63, 3.8) is 0 Å². The first-order valence-corrected chi connectivity index (χ1v) is 14.4. The van der Waals surface area contributed by atoms with Gasteiger partial charge in [0.05, 0.1) is 6.04 Å². The van der Waals surface area contributed by atoms with E-state index in [0.717, 1.165) is 22.3 Å². The molecule has 0 heterocycles. The minimum atomic E-state index is -1.15. The van der Waals surface area contributed by atoms with Crippen LogP contribution in [0.15, 0.2) is 48.5 Å². The minimum absolute atomic E-state index is 0.0208. The van der Waals surface area contributed by atoms with Crippen molar-refractivity contribution in [2.75, 3.05) is 26.2 Å². The number of rotatable bonds is 13. The number of fused-ring (bicyclic) bond motifs is 3. The zero-order chi connectivity index (χ0) is 30.9. The number of carboxylic acids is 1. The molecule has 0 fully saturated rings. The Morgan fingerprint density at radius 1 is 0.952 bits per heavy atom. The second kappa shape index (κ2) is 14.7. The molecule has 0 saturated heterocycles. The molecule has 2 aromatic rings. The van der Waals surface area contributed by atoms with E-state index >= 15 is 0 Å². The molecule has 0 bridgehead atoms. The Labute approximate surface area is 247 Å². The quantitative estimate of drug-likeness (QED) is 0.278. The van der Waals surface area contributed by atoms with Crippen molar-refractivity contribution in [2.24, 2.45) is 5.92 Å². The van der Waals surface area contributed by atoms with Crippen molar-refractivity contribution >= 4 is 24.1 Å². The molecule has 0 saturated carbocycles. The van der Waals surface area contributed by atoms with Crippen LogP contribution >= 0.6 is 0 Å². The molecular formula is C32H43N3O7. The fourth-order valence-electron chi connectivity index (χ4n) is 5.14. The highest BCUT2D eigenvalue weighted by atomic mass is 16.6. The van der Waals surface area contributed by atoms with E-state index in [-0.39, 0.29) is 43.9 Å². The number of carbonyl (C=O) groups excluding carboxylic acids is 3. The molecule has 0 aromatic heterocycles. The summed E-state index contributed by atoms with van der Waals surface area (Å²) in [5, 5.41) is 14.9. The lowest BCUT2D eigenvalue weighted by atomic mass is 9.98. The van der Waals surface area contributed by atoms with Crippen LogP contribution in [0, 0.1) is 5.92 Å². The van der Waals surface area contributed by atoms with E-state index in [4.69, 9.17) is 9.47 Å². The summed E-state index contributed by atoms with van der Waals surface area (Å²) in [6.07, 6.45) is -0.340. The Balaban J connectivity index is 1.58. The van der Waals surface area contributed by atoms with Crippen LogP contribution < -0.4 is 10.6 Å². The number of nitrogens with one attached hydrogen (secondary N) is 2. The highest BCUT2D eigenvalue weighted by Gasteiger charge is 2.30. The van der Waals surface area contributed by atoms with Gasteiger partial charge in [-0.05, 0) is 61.8 Å². The van der Waals surface area contributed by atoms with Crippen LogP contribution in [0.1, 0.15) is 70.9 Å². The summed E-state index contributed by atoms with van der Waals surface area (Å²) in [6.45, 7) is 9.10. The molecular weight excluding hydrogens is 538 g/mol. The molecule has 1 atom stereocenters. The van der Waals surface area contributed by atoms with Gasteiger partial charge in [-0.15, -0.1) is 0 Å². The second-order valence-electron chi connectivity index (χ2n) is 12.0. The number of carboxylic acid groups (broad SMARTS) is 1. The molecule has 0 aliphatic heterocycles. The van der Waals surface area contributed by atoms with Crippen molar-refractivity contribution in [3.05, 3.63) is 59.7 Å². The number of hydrogen-bond donors (Lipinski definition) is 3. The van der Waals surface area contributed by atoms with Crippen LogP contribution in [0.5, 0.6) is 0 Å². The first-order chi connectivity index (χ1) is 19.8. The van der Waals surface area contributed by atoms with Gasteiger partial charge in [0.15, 0.2) is 0 Å². The van der Waals surface area contributed by atoms with Gasteiger partial charge in [-0.1, -0.05) is 62.4 Å². The van der Waals surface area contributed by atoms with Crippen molar-refractivity contribution in [1.29, 1.82) is 0 Å². The van der Waals surface area contributed by atoms with Crippen LogP contribution in [-0.2, 0) is 19.1 Å². The largest absolute Gasteiger partial charge is 0.480 e. The third-order valence-corrected chi connectivity index (χ3v) is 6.78. The lowest BCUT2D eigenvalue weighted by molar-refractivity contribution is -0.144. The zero-order valence-corrected chi connectivity index (χ0v) is 25.1. The molecule has 1 aliphatic rings. The zero-order valence-electron chi connectivity index (χ0n) is 25.1. The first-order valence-electron chi connectivity index (χ1n) is 14.4. The van der Waals surface area contributed by atoms with E-state index in [1.54, 1.807) is 20.8 Å². The van der Waals surface area contributed by atoms with Gasteiger partial charge in [-0.25, -0.2) is 9.59 Å². The third-order valence-electron chi connectivity index (χ3n) is 6.78. The maximum atomic E-state index is 13.0. The number of aliphatic carboxylic acids is 1. The minimum Gasteiger partial charge on any atom is -0.480 e. The summed E-state index contributed by atoms with van der Waals surface area (Å²) in [6, 6.07) is 15.6. The molecule has 0 spiro atoms. The Morgan fingerprint density at radius 3 is 2.10 bits per heavy atom. The normalized spacial score (nSPS) is 13.1. The van der Waals surface area contributed by atoms with Crippen LogP contribution in [0.2, 0.25) is 0 Å². The highest BCUT2D eigenvalue weighted by Crippen LogP contribution is 2.44. The summed E-state index contributed by atoms with van der Waals surface area (Å²) in [5.41, 5.74) is 3.83. The van der Waals surface area contributed by atoms with Crippen molar-refractivity contribution in [2.45, 2.75) is 71.4 Å². The predicted molar refractivity (Wildman–Crippen MR) is 159 cm³/mol. The van der Waals surface area contributed by atoms with Crippen LogP contribution in [0.4, 0.5) is 9.59 Å². The Hall–Kier alpha value is -4.08. The van der Waals surface area contributed by atoms with E-state index in [2.05, 4.69) is 22.8 Å². The molecule has 10 heteroatoms. The maximum absolute atomic E-state index is 13.0. The summed E-state index contributed by atoms with van der Waals surface area (Å²) < 4.78 is 10.9. The first kappa shape index (κ1) is 32.4. The van der Waals surface area contributed by atoms with Gasteiger partial charge < -0.3 is 30.1 Å². The summed E-state index contributed by atoms with van der Waals surface area (Å²) in [5.74, 6) is -1.46. The van der Waals surface area contributed by atoms with Gasteiger partial charge >= 0.3 is 18.2 Å². The van der Waals surface area contributed by atoms with E-state index in [1.165, 1.54) is 4.90 Å².